The minimum absolute atomic E-state index is 0.308. The second-order valence-corrected chi connectivity index (χ2v) is 3.46. The number of nitrogens with one attached hydrogen (secondary N) is 2. The third-order valence-corrected chi connectivity index (χ3v) is 2.33. The summed E-state index contributed by atoms with van der Waals surface area (Å²) in [7, 11) is 1.27. The van der Waals surface area contributed by atoms with E-state index in [-0.39, 0.29) is 0 Å². The van der Waals surface area contributed by atoms with Crippen LogP contribution in [0.4, 0.5) is 10.6 Å². The van der Waals surface area contributed by atoms with Gasteiger partial charge in [-0.2, -0.15) is 0 Å². The zero-order valence-corrected chi connectivity index (χ0v) is 10.3. The normalized spacial score (nSPS) is 9.88. The van der Waals surface area contributed by atoms with Crippen LogP contribution >= 0.6 is 0 Å². The van der Waals surface area contributed by atoms with Crippen LogP contribution in [0.2, 0.25) is 0 Å². The van der Waals surface area contributed by atoms with Crippen LogP contribution in [0, 0.1) is 13.8 Å². The van der Waals surface area contributed by atoms with Gasteiger partial charge in [0.1, 0.15) is 5.82 Å². The number of rotatable bonds is 3. The predicted octanol–water partition coefficient (Wildman–Crippen LogP) is 1.99. The lowest BCUT2D eigenvalue weighted by atomic mass is 10.1. The van der Waals surface area contributed by atoms with Crippen LogP contribution in [0.5, 0.6) is 0 Å². The summed E-state index contributed by atoms with van der Waals surface area (Å²) < 4.78 is 9.41. The third-order valence-electron chi connectivity index (χ3n) is 2.33. The molecule has 17 heavy (non-hydrogen) atoms. The molecule has 1 amide bonds. The number of carbonyl (C=O) groups is 2. The van der Waals surface area contributed by atoms with Gasteiger partial charge >= 0.3 is 12.1 Å². The first-order valence-corrected chi connectivity index (χ1v) is 5.22. The van der Waals surface area contributed by atoms with E-state index in [1.807, 2.05) is 0 Å². The molecular weight excluding hydrogens is 224 g/mol. The van der Waals surface area contributed by atoms with Crippen molar-refractivity contribution < 1.29 is 19.1 Å². The van der Waals surface area contributed by atoms with Gasteiger partial charge < -0.3 is 14.5 Å². The van der Waals surface area contributed by atoms with Gasteiger partial charge in [0.15, 0.2) is 0 Å². The maximum absolute atomic E-state index is 11.7. The summed E-state index contributed by atoms with van der Waals surface area (Å²) in [5.41, 5.74) is 1.72. The Balaban J connectivity index is 3.01. The molecule has 0 saturated carbocycles. The van der Waals surface area contributed by atoms with E-state index in [4.69, 9.17) is 4.74 Å². The minimum Gasteiger partial charge on any atom is -0.462 e. The Morgan fingerprint density at radius 2 is 2.00 bits per heavy atom. The van der Waals surface area contributed by atoms with Gasteiger partial charge in [-0.15, -0.1) is 0 Å². The van der Waals surface area contributed by atoms with Gasteiger partial charge in [0.2, 0.25) is 0 Å². The molecule has 0 aliphatic heterocycles. The van der Waals surface area contributed by atoms with E-state index in [1.165, 1.54) is 7.11 Å². The van der Waals surface area contributed by atoms with Crippen molar-refractivity contribution in [3.63, 3.8) is 0 Å². The number of hydrogen-bond donors (Lipinski definition) is 2. The third kappa shape index (κ3) is 2.77. The molecule has 0 saturated heterocycles. The highest BCUT2D eigenvalue weighted by molar-refractivity contribution is 5.96. The van der Waals surface area contributed by atoms with Crippen molar-refractivity contribution in [3.05, 3.63) is 16.8 Å². The molecule has 0 aliphatic carbocycles. The Morgan fingerprint density at radius 1 is 1.35 bits per heavy atom. The topological polar surface area (TPSA) is 80.4 Å². The summed E-state index contributed by atoms with van der Waals surface area (Å²) in [4.78, 5) is 25.7. The zero-order valence-electron chi connectivity index (χ0n) is 10.3. The molecule has 94 valence electrons. The number of esters is 1. The molecule has 0 bridgehead atoms. The van der Waals surface area contributed by atoms with Gasteiger partial charge in [-0.3, -0.25) is 5.32 Å². The molecule has 1 heterocycles. The van der Waals surface area contributed by atoms with E-state index in [0.717, 1.165) is 0 Å². The first kappa shape index (κ1) is 13.1. The average molecular weight is 240 g/mol. The van der Waals surface area contributed by atoms with E-state index >= 15 is 0 Å². The monoisotopic (exact) mass is 240 g/mol. The number of aromatic nitrogens is 1. The summed E-state index contributed by atoms with van der Waals surface area (Å²) in [5.74, 6) is 0.0362. The van der Waals surface area contributed by atoms with Crippen molar-refractivity contribution in [2.75, 3.05) is 19.0 Å². The summed E-state index contributed by atoms with van der Waals surface area (Å²) in [6.07, 6.45) is -0.593. The van der Waals surface area contributed by atoms with E-state index in [9.17, 15) is 9.59 Å². The number of aryl methyl sites for hydroxylation is 1. The molecule has 1 rings (SSSR count). The number of ether oxygens (including phenoxy) is 2. The SMILES string of the molecule is CCOC(=O)c1c(C)[nH]c(NC(=O)OC)c1C. The number of aromatic amines is 1. The lowest BCUT2D eigenvalue weighted by Crippen LogP contribution is -2.12. The fourth-order valence-electron chi connectivity index (χ4n) is 1.54. The second kappa shape index (κ2) is 5.38. The molecule has 0 aliphatic rings. The van der Waals surface area contributed by atoms with Gasteiger partial charge in [-0.1, -0.05) is 0 Å². The van der Waals surface area contributed by atoms with Crippen LogP contribution in [-0.4, -0.2) is 30.8 Å². The van der Waals surface area contributed by atoms with E-state index in [1.54, 1.807) is 20.8 Å². The van der Waals surface area contributed by atoms with Crippen LogP contribution < -0.4 is 5.32 Å². The Labute approximate surface area is 99.3 Å². The summed E-state index contributed by atoms with van der Waals surface area (Å²) >= 11 is 0. The van der Waals surface area contributed by atoms with E-state index in [2.05, 4.69) is 15.0 Å². The number of carbonyl (C=O) groups excluding carboxylic acids is 2. The van der Waals surface area contributed by atoms with Crippen molar-refractivity contribution in [1.82, 2.24) is 4.98 Å². The van der Waals surface area contributed by atoms with Crippen LogP contribution in [-0.2, 0) is 9.47 Å². The van der Waals surface area contributed by atoms with Crippen molar-refractivity contribution in [2.24, 2.45) is 0 Å². The minimum atomic E-state index is -0.593. The van der Waals surface area contributed by atoms with Crippen LogP contribution in [0.3, 0.4) is 0 Å². The molecule has 0 radical (unpaired) electrons. The fourth-order valence-corrected chi connectivity index (χ4v) is 1.54. The molecule has 1 aromatic rings. The van der Waals surface area contributed by atoms with Crippen molar-refractivity contribution >= 4 is 17.9 Å². The van der Waals surface area contributed by atoms with E-state index < -0.39 is 12.1 Å². The Bertz CT molecular complexity index is 437. The highest BCUT2D eigenvalue weighted by Gasteiger charge is 2.20. The largest absolute Gasteiger partial charge is 0.462 e. The highest BCUT2D eigenvalue weighted by Crippen LogP contribution is 2.23. The van der Waals surface area contributed by atoms with Crippen molar-refractivity contribution in [3.8, 4) is 0 Å². The van der Waals surface area contributed by atoms with Crippen molar-refractivity contribution in [1.29, 1.82) is 0 Å². The quantitative estimate of drug-likeness (QED) is 0.792. The molecule has 0 spiro atoms. The standard InChI is InChI=1S/C11H16N2O4/c1-5-17-10(14)8-6(2)9(12-7(8)3)13-11(15)16-4/h12H,5H2,1-4H3,(H,13,15). The van der Waals surface area contributed by atoms with Gasteiger partial charge in [0.05, 0.1) is 19.3 Å². The lowest BCUT2D eigenvalue weighted by Gasteiger charge is -2.03. The summed E-state index contributed by atoms with van der Waals surface area (Å²) in [6.45, 7) is 5.51. The first-order chi connectivity index (χ1) is 8.01. The predicted molar refractivity (Wildman–Crippen MR) is 62.3 cm³/mol. The van der Waals surface area contributed by atoms with Gasteiger partial charge in [-0.05, 0) is 20.8 Å². The lowest BCUT2D eigenvalue weighted by molar-refractivity contribution is 0.0525. The van der Waals surface area contributed by atoms with Crippen LogP contribution in [0.25, 0.3) is 0 Å². The molecule has 1 aromatic heterocycles. The Morgan fingerprint density at radius 3 is 2.53 bits per heavy atom. The maximum atomic E-state index is 11.7. The average Bonchev–Trinajstić information content (AvgIpc) is 2.54. The number of H-pyrrole nitrogens is 1. The molecule has 6 heteroatoms. The van der Waals surface area contributed by atoms with Gasteiger partial charge in [0, 0.05) is 11.3 Å². The number of anilines is 1. The number of hydrogen-bond acceptors (Lipinski definition) is 4. The zero-order chi connectivity index (χ0) is 13.0. The van der Waals surface area contributed by atoms with Gasteiger partial charge in [-0.25, -0.2) is 9.59 Å². The number of methoxy groups -OCH3 is 1. The number of amides is 1. The summed E-state index contributed by atoms with van der Waals surface area (Å²) in [5, 5.41) is 2.49. The van der Waals surface area contributed by atoms with Crippen molar-refractivity contribution in [2.45, 2.75) is 20.8 Å². The molecule has 6 nitrogen and oxygen atoms in total. The second-order valence-electron chi connectivity index (χ2n) is 3.46. The molecule has 0 atom stereocenters. The highest BCUT2D eigenvalue weighted by atomic mass is 16.5. The molecule has 0 unspecified atom stereocenters. The molecule has 0 aromatic carbocycles. The maximum Gasteiger partial charge on any atom is 0.412 e. The van der Waals surface area contributed by atoms with E-state index in [0.29, 0.717) is 29.2 Å². The fraction of sp³-hybridized carbons (Fsp3) is 0.455. The smallest absolute Gasteiger partial charge is 0.412 e. The molecular formula is C11H16N2O4. The summed E-state index contributed by atoms with van der Waals surface area (Å²) in [6, 6.07) is 0. The van der Waals surface area contributed by atoms with Gasteiger partial charge in [0.25, 0.3) is 0 Å². The van der Waals surface area contributed by atoms with Crippen LogP contribution in [0.15, 0.2) is 0 Å². The molecule has 2 N–H and O–H groups in total. The Kier molecular flexibility index (Phi) is 4.14. The molecule has 0 fully saturated rings. The first-order valence-electron chi connectivity index (χ1n) is 5.22. The van der Waals surface area contributed by atoms with Crippen LogP contribution in [0.1, 0.15) is 28.5 Å². The Hall–Kier alpha value is -1.98.